The van der Waals surface area contributed by atoms with Crippen LogP contribution in [-0.4, -0.2) is 29.2 Å². The first-order valence-corrected chi connectivity index (χ1v) is 11.9. The molecule has 11 heteroatoms. The van der Waals surface area contributed by atoms with Crippen LogP contribution in [0.25, 0.3) is 39.9 Å². The Balaban J connectivity index is 1.54. The Morgan fingerprint density at radius 2 is 1.49 bits per heavy atom. The second kappa shape index (κ2) is 9.30. The van der Waals surface area contributed by atoms with Crippen molar-refractivity contribution < 1.29 is 9.85 Å². The van der Waals surface area contributed by atoms with E-state index in [2.05, 4.69) is 9.97 Å². The summed E-state index contributed by atoms with van der Waals surface area (Å²) in [7, 11) is 0. The number of nitro groups is 2. The van der Waals surface area contributed by atoms with Crippen LogP contribution in [0.2, 0.25) is 0 Å². The Morgan fingerprint density at radius 3 is 2.18 bits per heavy atom. The molecule has 0 radical (unpaired) electrons. The summed E-state index contributed by atoms with van der Waals surface area (Å²) in [5.74, 6) is 0. The molecule has 1 N–H and O–H groups in total. The van der Waals surface area contributed by atoms with Crippen molar-refractivity contribution in [3.05, 3.63) is 132 Å². The monoisotopic (exact) mass is 518 g/mol. The highest BCUT2D eigenvalue weighted by atomic mass is 16.6. The molecule has 0 fully saturated rings. The highest BCUT2D eigenvalue weighted by Crippen LogP contribution is 2.28. The minimum Gasteiger partial charge on any atom is -0.305 e. The summed E-state index contributed by atoms with van der Waals surface area (Å²) in [5, 5.41) is 22.7. The van der Waals surface area contributed by atoms with E-state index in [0.717, 1.165) is 22.2 Å². The summed E-state index contributed by atoms with van der Waals surface area (Å²) in [5.41, 5.74) is 4.96. The van der Waals surface area contributed by atoms with E-state index in [0.29, 0.717) is 34.4 Å². The van der Waals surface area contributed by atoms with Crippen molar-refractivity contribution in [1.29, 1.82) is 0 Å². The molecule has 0 spiro atoms. The van der Waals surface area contributed by atoms with Crippen LogP contribution in [0.5, 0.6) is 0 Å². The van der Waals surface area contributed by atoms with Gasteiger partial charge in [-0.25, -0.2) is 9.78 Å². The van der Waals surface area contributed by atoms with Crippen molar-refractivity contribution in [2.24, 2.45) is 0 Å². The number of hydrogen-bond donors (Lipinski definition) is 1. The SMILES string of the molecule is O=c1nc2c(cc(Cc3ccc([N+](=O)[O-])cc3)c3nc4ccccc4n32)c(/C=C/c2ccc([N+](=O)[O-])cc2)[nH]1. The lowest BCUT2D eigenvalue weighted by Gasteiger charge is -2.10. The van der Waals surface area contributed by atoms with Gasteiger partial charge in [0.25, 0.3) is 11.4 Å². The molecule has 11 nitrogen and oxygen atoms in total. The highest BCUT2D eigenvalue weighted by molar-refractivity contribution is 5.94. The number of fused-ring (bicyclic) bond motifs is 5. The predicted octanol–water partition coefficient (Wildman–Crippen LogP) is 5.30. The number of rotatable bonds is 6. The van der Waals surface area contributed by atoms with Crippen LogP contribution in [0.15, 0.2) is 83.7 Å². The van der Waals surface area contributed by atoms with Gasteiger partial charge < -0.3 is 4.98 Å². The number of hydrogen-bond acceptors (Lipinski definition) is 7. The van der Waals surface area contributed by atoms with Crippen LogP contribution in [0, 0.1) is 20.2 Å². The van der Waals surface area contributed by atoms with Gasteiger partial charge in [0, 0.05) is 41.6 Å². The predicted molar refractivity (Wildman–Crippen MR) is 147 cm³/mol. The first-order chi connectivity index (χ1) is 18.9. The first-order valence-electron chi connectivity index (χ1n) is 11.9. The molecular weight excluding hydrogens is 500 g/mol. The van der Waals surface area contributed by atoms with Gasteiger partial charge in [0.05, 0.1) is 26.6 Å². The Kier molecular flexibility index (Phi) is 5.65. The summed E-state index contributed by atoms with van der Waals surface area (Å²) < 4.78 is 1.85. The third-order valence-corrected chi connectivity index (χ3v) is 6.45. The maximum atomic E-state index is 12.6. The molecule has 0 atom stereocenters. The lowest BCUT2D eigenvalue weighted by molar-refractivity contribution is -0.385. The number of aromatic nitrogens is 4. The smallest absolute Gasteiger partial charge is 0.305 e. The number of nitro benzene ring substituents is 2. The largest absolute Gasteiger partial charge is 0.347 e. The fourth-order valence-electron chi connectivity index (χ4n) is 4.60. The number of benzene rings is 3. The molecule has 6 aromatic rings. The van der Waals surface area contributed by atoms with Crippen LogP contribution in [0.1, 0.15) is 22.4 Å². The number of aromatic amines is 1. The number of nitrogens with zero attached hydrogens (tertiary/aromatic N) is 5. The second-order valence-corrected chi connectivity index (χ2v) is 8.90. The zero-order valence-corrected chi connectivity index (χ0v) is 20.1. The summed E-state index contributed by atoms with van der Waals surface area (Å²) in [4.78, 5) is 45.7. The van der Waals surface area contributed by atoms with Crippen LogP contribution in [-0.2, 0) is 6.42 Å². The molecule has 0 bridgehead atoms. The van der Waals surface area contributed by atoms with Gasteiger partial charge in [-0.05, 0) is 47.5 Å². The van der Waals surface area contributed by atoms with Crippen molar-refractivity contribution in [3.8, 4) is 0 Å². The molecule has 0 aliphatic rings. The zero-order valence-electron chi connectivity index (χ0n) is 20.1. The lowest BCUT2D eigenvalue weighted by Crippen LogP contribution is -2.14. The van der Waals surface area contributed by atoms with E-state index in [1.165, 1.54) is 24.3 Å². The third-order valence-electron chi connectivity index (χ3n) is 6.45. The Labute approximate surface area is 219 Å². The average Bonchev–Trinajstić information content (AvgIpc) is 3.33. The van der Waals surface area contributed by atoms with Crippen LogP contribution < -0.4 is 5.69 Å². The van der Waals surface area contributed by atoms with Gasteiger partial charge in [-0.15, -0.1) is 0 Å². The van der Waals surface area contributed by atoms with E-state index in [9.17, 15) is 25.0 Å². The third kappa shape index (κ3) is 4.37. The number of nitrogens with one attached hydrogen (secondary N) is 1. The number of pyridine rings is 1. The highest BCUT2D eigenvalue weighted by Gasteiger charge is 2.17. The maximum Gasteiger partial charge on any atom is 0.347 e. The average molecular weight is 518 g/mol. The molecule has 3 aromatic heterocycles. The number of para-hydroxylation sites is 2. The van der Waals surface area contributed by atoms with Crippen molar-refractivity contribution >= 4 is 51.2 Å². The molecule has 0 aliphatic heterocycles. The molecule has 0 aliphatic carbocycles. The number of imidazole rings is 1. The molecule has 0 saturated carbocycles. The summed E-state index contributed by atoms with van der Waals surface area (Å²) in [6.07, 6.45) is 3.92. The standard InChI is InChI=1S/C28H18N6O5/c35-28-30-23(14-9-17-5-10-20(11-6-17)33(36)37)22-16-19(15-18-7-12-21(13-8-18)34(38)39)26-29-24-3-1-2-4-25(24)32(26)27(22)31-28/h1-14,16H,15H2,(H,30,31,35)/b14-9+. The molecule has 6 rings (SSSR count). The summed E-state index contributed by atoms with van der Waals surface area (Å²) in [6.45, 7) is 0. The summed E-state index contributed by atoms with van der Waals surface area (Å²) in [6, 6.07) is 21.9. The van der Waals surface area contributed by atoms with Crippen molar-refractivity contribution in [1.82, 2.24) is 19.4 Å². The quantitative estimate of drug-likeness (QED) is 0.232. The molecule has 0 unspecified atom stereocenters. The van der Waals surface area contributed by atoms with Gasteiger partial charge in [-0.2, -0.15) is 4.98 Å². The molecule has 39 heavy (non-hydrogen) atoms. The topological polar surface area (TPSA) is 149 Å². The molecular formula is C28H18N6O5. The van der Waals surface area contributed by atoms with E-state index in [4.69, 9.17) is 4.98 Å². The van der Waals surface area contributed by atoms with Gasteiger partial charge >= 0.3 is 5.69 Å². The van der Waals surface area contributed by atoms with Crippen molar-refractivity contribution in [2.75, 3.05) is 0 Å². The minimum absolute atomic E-state index is 0.00870. The summed E-state index contributed by atoms with van der Waals surface area (Å²) >= 11 is 0. The van der Waals surface area contributed by atoms with E-state index in [-0.39, 0.29) is 11.4 Å². The van der Waals surface area contributed by atoms with Crippen molar-refractivity contribution in [2.45, 2.75) is 6.42 Å². The van der Waals surface area contributed by atoms with E-state index >= 15 is 0 Å². The van der Waals surface area contributed by atoms with E-state index in [1.807, 2.05) is 34.7 Å². The molecule has 0 saturated heterocycles. The molecule has 190 valence electrons. The number of H-pyrrole nitrogens is 1. The minimum atomic E-state index is -0.534. The van der Waals surface area contributed by atoms with Gasteiger partial charge in [0.15, 0.2) is 5.65 Å². The van der Waals surface area contributed by atoms with Crippen LogP contribution in [0.4, 0.5) is 11.4 Å². The first kappa shape index (κ1) is 23.7. The van der Waals surface area contributed by atoms with Gasteiger partial charge in [0.2, 0.25) is 0 Å². The molecule has 3 aromatic carbocycles. The van der Waals surface area contributed by atoms with Gasteiger partial charge in [-0.3, -0.25) is 24.6 Å². The maximum absolute atomic E-state index is 12.6. The van der Waals surface area contributed by atoms with Crippen LogP contribution in [0.3, 0.4) is 0 Å². The Bertz CT molecular complexity index is 2010. The Hall–Kier alpha value is -5.71. The fraction of sp³-hybridized carbons (Fsp3) is 0.0357. The molecule has 0 amide bonds. The van der Waals surface area contributed by atoms with E-state index < -0.39 is 15.5 Å². The lowest BCUT2D eigenvalue weighted by atomic mass is 10.0. The number of non-ortho nitro benzene ring substituents is 2. The van der Waals surface area contributed by atoms with Gasteiger partial charge in [-0.1, -0.05) is 30.3 Å². The van der Waals surface area contributed by atoms with Crippen LogP contribution >= 0.6 is 0 Å². The zero-order chi connectivity index (χ0) is 27.1. The fourth-order valence-corrected chi connectivity index (χ4v) is 4.60. The van der Waals surface area contributed by atoms with Gasteiger partial charge in [0.1, 0.15) is 5.65 Å². The van der Waals surface area contributed by atoms with Crippen molar-refractivity contribution in [3.63, 3.8) is 0 Å². The second-order valence-electron chi connectivity index (χ2n) is 8.90. The van der Waals surface area contributed by atoms with E-state index in [1.54, 1.807) is 36.4 Å². The Morgan fingerprint density at radius 1 is 0.821 bits per heavy atom. The molecule has 3 heterocycles. The normalized spacial score (nSPS) is 11.6.